The van der Waals surface area contributed by atoms with Crippen molar-refractivity contribution >= 4 is 0 Å². The molecule has 0 aliphatic heterocycles. The molecule has 0 saturated carbocycles. The van der Waals surface area contributed by atoms with Gasteiger partial charge in [-0.15, -0.1) is 0 Å². The summed E-state index contributed by atoms with van der Waals surface area (Å²) >= 11 is 0. The first-order valence-corrected chi connectivity index (χ1v) is 5.13. The molecule has 0 atom stereocenters. The summed E-state index contributed by atoms with van der Waals surface area (Å²) in [6.45, 7) is 4.77. The molecule has 0 spiro atoms. The van der Waals surface area contributed by atoms with Gasteiger partial charge in [-0.1, -0.05) is 31.9 Å². The van der Waals surface area contributed by atoms with Crippen LogP contribution < -0.4 is 0 Å². The molecule has 1 nitrogen and oxygen atoms in total. The first-order chi connectivity index (χ1) is 5.85. The lowest BCUT2D eigenvalue weighted by Crippen LogP contribution is -1.83. The minimum Gasteiger partial charge on any atom is -0.396 e. The fourth-order valence-electron chi connectivity index (χ4n) is 1.28. The van der Waals surface area contributed by atoms with Crippen LogP contribution in [0.2, 0.25) is 0 Å². The third-order valence-electron chi connectivity index (χ3n) is 2.20. The topological polar surface area (TPSA) is 20.2 Å². The second kappa shape index (κ2) is 8.79. The van der Waals surface area contributed by atoms with Gasteiger partial charge in [0.15, 0.2) is 0 Å². The number of allylic oxidation sites excluding steroid dienone is 2. The summed E-state index contributed by atoms with van der Waals surface area (Å²) in [7, 11) is 0. The molecule has 12 heavy (non-hydrogen) atoms. The van der Waals surface area contributed by atoms with Gasteiger partial charge in [0, 0.05) is 6.61 Å². The zero-order valence-corrected chi connectivity index (χ0v) is 8.47. The highest BCUT2D eigenvalue weighted by Crippen LogP contribution is 2.09. The fraction of sp³-hybridized carbons (Fsp3) is 0.818. The van der Waals surface area contributed by atoms with Crippen molar-refractivity contribution in [3.8, 4) is 0 Å². The molecule has 0 aliphatic rings. The Hall–Kier alpha value is -0.300. The smallest absolute Gasteiger partial charge is 0.0431 e. The van der Waals surface area contributed by atoms with Crippen LogP contribution in [0, 0.1) is 0 Å². The zero-order valence-electron chi connectivity index (χ0n) is 8.47. The van der Waals surface area contributed by atoms with E-state index in [4.69, 9.17) is 5.11 Å². The Kier molecular flexibility index (Phi) is 8.57. The minimum atomic E-state index is 0.345. The second-order valence-electron chi connectivity index (χ2n) is 3.14. The van der Waals surface area contributed by atoms with Crippen molar-refractivity contribution in [2.75, 3.05) is 6.61 Å². The van der Waals surface area contributed by atoms with Crippen molar-refractivity contribution < 1.29 is 5.11 Å². The summed E-state index contributed by atoms with van der Waals surface area (Å²) in [5.74, 6) is 0. The lowest BCUT2D eigenvalue weighted by molar-refractivity contribution is 0.283. The number of aliphatic hydroxyl groups excluding tert-OH is 1. The van der Waals surface area contributed by atoms with Crippen LogP contribution in [0.15, 0.2) is 11.6 Å². The lowest BCUT2D eigenvalue weighted by Gasteiger charge is -1.99. The predicted molar refractivity (Wildman–Crippen MR) is 54.2 cm³/mol. The van der Waals surface area contributed by atoms with E-state index in [-0.39, 0.29) is 0 Å². The van der Waals surface area contributed by atoms with Crippen molar-refractivity contribution in [3.63, 3.8) is 0 Å². The van der Waals surface area contributed by atoms with Gasteiger partial charge in [0.25, 0.3) is 0 Å². The number of hydrogen-bond acceptors (Lipinski definition) is 1. The van der Waals surface area contributed by atoms with Crippen molar-refractivity contribution in [1.29, 1.82) is 0 Å². The molecule has 0 radical (unpaired) electrons. The molecular weight excluding hydrogens is 148 g/mol. The molecule has 0 bridgehead atoms. The van der Waals surface area contributed by atoms with Gasteiger partial charge < -0.3 is 5.11 Å². The zero-order chi connectivity index (χ0) is 9.23. The van der Waals surface area contributed by atoms with Gasteiger partial charge in [-0.25, -0.2) is 0 Å². The summed E-state index contributed by atoms with van der Waals surface area (Å²) in [5.41, 5.74) is 1.57. The first-order valence-electron chi connectivity index (χ1n) is 5.13. The van der Waals surface area contributed by atoms with Crippen LogP contribution in [0.3, 0.4) is 0 Å². The van der Waals surface area contributed by atoms with E-state index in [0.717, 1.165) is 12.8 Å². The van der Waals surface area contributed by atoms with Crippen LogP contribution in [0.1, 0.15) is 52.4 Å². The van der Waals surface area contributed by atoms with E-state index in [1.807, 2.05) is 0 Å². The Labute approximate surface area is 76.5 Å². The summed E-state index contributed by atoms with van der Waals surface area (Å²) in [6, 6.07) is 0. The van der Waals surface area contributed by atoms with E-state index in [1.54, 1.807) is 5.57 Å². The molecule has 1 N–H and O–H groups in total. The summed E-state index contributed by atoms with van der Waals surface area (Å²) in [4.78, 5) is 0. The van der Waals surface area contributed by atoms with Gasteiger partial charge in [0.2, 0.25) is 0 Å². The first kappa shape index (κ1) is 11.7. The molecule has 0 aliphatic carbocycles. The van der Waals surface area contributed by atoms with Gasteiger partial charge in [-0.2, -0.15) is 0 Å². The molecule has 0 fully saturated rings. The number of aliphatic hydroxyl groups is 1. The molecular formula is C11H22O. The highest BCUT2D eigenvalue weighted by Gasteiger charge is 1.89. The van der Waals surface area contributed by atoms with Crippen molar-refractivity contribution in [3.05, 3.63) is 11.6 Å². The highest BCUT2D eigenvalue weighted by molar-refractivity contribution is 4.99. The normalized spacial score (nSPS) is 9.92. The Morgan fingerprint density at radius 2 is 1.75 bits per heavy atom. The molecule has 0 aromatic carbocycles. The van der Waals surface area contributed by atoms with Crippen LogP contribution in [-0.4, -0.2) is 11.7 Å². The molecule has 0 unspecified atom stereocenters. The standard InChI is InChI=1S/C11H22O/c1-3-11(4-2)9-7-5-6-8-10-12/h9,12H,3-8,10H2,1-2H3. The molecule has 0 saturated heterocycles. The maximum absolute atomic E-state index is 8.55. The number of unbranched alkanes of at least 4 members (excludes halogenated alkanes) is 3. The van der Waals surface area contributed by atoms with Crippen LogP contribution in [-0.2, 0) is 0 Å². The van der Waals surface area contributed by atoms with E-state index >= 15 is 0 Å². The molecule has 0 rings (SSSR count). The lowest BCUT2D eigenvalue weighted by atomic mass is 10.1. The van der Waals surface area contributed by atoms with E-state index in [2.05, 4.69) is 19.9 Å². The van der Waals surface area contributed by atoms with Gasteiger partial charge >= 0.3 is 0 Å². The van der Waals surface area contributed by atoms with Gasteiger partial charge in [0.05, 0.1) is 0 Å². The van der Waals surface area contributed by atoms with Crippen LogP contribution in [0.4, 0.5) is 0 Å². The molecule has 0 amide bonds. The maximum atomic E-state index is 8.55. The van der Waals surface area contributed by atoms with Gasteiger partial charge in [0.1, 0.15) is 0 Å². The van der Waals surface area contributed by atoms with Crippen molar-refractivity contribution in [2.24, 2.45) is 0 Å². The fourth-order valence-corrected chi connectivity index (χ4v) is 1.28. The monoisotopic (exact) mass is 170 g/mol. The molecule has 0 aromatic rings. The SMILES string of the molecule is CCC(=CCCCCCO)CC. The molecule has 0 aromatic heterocycles. The average molecular weight is 170 g/mol. The van der Waals surface area contributed by atoms with Crippen molar-refractivity contribution in [2.45, 2.75) is 52.4 Å². The van der Waals surface area contributed by atoms with E-state index in [0.29, 0.717) is 6.61 Å². The highest BCUT2D eigenvalue weighted by atomic mass is 16.2. The van der Waals surface area contributed by atoms with Crippen LogP contribution in [0.25, 0.3) is 0 Å². The van der Waals surface area contributed by atoms with Gasteiger partial charge in [-0.3, -0.25) is 0 Å². The van der Waals surface area contributed by atoms with Crippen molar-refractivity contribution in [1.82, 2.24) is 0 Å². The third-order valence-corrected chi connectivity index (χ3v) is 2.20. The van der Waals surface area contributed by atoms with Crippen LogP contribution >= 0.6 is 0 Å². The minimum absolute atomic E-state index is 0.345. The Morgan fingerprint density at radius 1 is 1.08 bits per heavy atom. The number of hydrogen-bond donors (Lipinski definition) is 1. The number of rotatable bonds is 7. The quantitative estimate of drug-likeness (QED) is 0.459. The van der Waals surface area contributed by atoms with Gasteiger partial charge in [-0.05, 0) is 32.1 Å². The second-order valence-corrected chi connectivity index (χ2v) is 3.14. The average Bonchev–Trinajstić information content (AvgIpc) is 2.11. The third kappa shape index (κ3) is 6.41. The summed E-state index contributed by atoms with van der Waals surface area (Å²) in [5, 5.41) is 8.55. The molecule has 72 valence electrons. The summed E-state index contributed by atoms with van der Waals surface area (Å²) in [6.07, 6.45) is 9.28. The van der Waals surface area contributed by atoms with E-state index in [9.17, 15) is 0 Å². The Balaban J connectivity index is 3.31. The van der Waals surface area contributed by atoms with E-state index in [1.165, 1.54) is 25.7 Å². The molecule has 0 heterocycles. The van der Waals surface area contributed by atoms with Crippen LogP contribution in [0.5, 0.6) is 0 Å². The van der Waals surface area contributed by atoms with E-state index < -0.39 is 0 Å². The Morgan fingerprint density at radius 3 is 2.25 bits per heavy atom. The predicted octanol–water partition coefficient (Wildman–Crippen LogP) is 3.29. The maximum Gasteiger partial charge on any atom is 0.0431 e. The Bertz CT molecular complexity index is 110. The molecule has 1 heteroatoms. The summed E-state index contributed by atoms with van der Waals surface area (Å²) < 4.78 is 0. The largest absolute Gasteiger partial charge is 0.396 e.